The Bertz CT molecular complexity index is 89.3. The Morgan fingerprint density at radius 1 is 1.75 bits per heavy atom. The second kappa shape index (κ2) is 6.61. The second-order valence-corrected chi connectivity index (χ2v) is 0.837. The first-order valence-corrected chi connectivity index (χ1v) is 1.76. The molecule has 0 rings (SSSR count). The van der Waals surface area contributed by atoms with Gasteiger partial charge < -0.3 is 14.6 Å². The molecule has 40 valence electrons. The third kappa shape index (κ3) is 9.15. The van der Waals surface area contributed by atoms with Crippen molar-refractivity contribution in [1.29, 1.82) is 0 Å². The van der Waals surface area contributed by atoms with Crippen molar-refractivity contribution in [2.45, 2.75) is 6.92 Å². The summed E-state index contributed by atoms with van der Waals surface area (Å²) in [6, 6.07) is 0. The van der Waals surface area contributed by atoms with Crippen LogP contribution in [0.2, 0.25) is 0 Å². The van der Waals surface area contributed by atoms with Crippen molar-refractivity contribution in [2.24, 2.45) is 0 Å². The van der Waals surface area contributed by atoms with Gasteiger partial charge in [-0.05, 0) is 6.92 Å². The second-order valence-electron chi connectivity index (χ2n) is 0.837. The summed E-state index contributed by atoms with van der Waals surface area (Å²) in [4.78, 5) is 9.37. The summed E-state index contributed by atoms with van der Waals surface area (Å²) in [5.74, 6) is 0. The molecule has 0 saturated carbocycles. The molecule has 0 spiro atoms. The SMILES string of the molecule is CC=COC(=O)[O-].[Li+]. The molecule has 0 atom stereocenters. The van der Waals surface area contributed by atoms with E-state index < -0.39 is 6.16 Å². The smallest absolute Gasteiger partial charge is 0.522 e. The first-order valence-electron chi connectivity index (χ1n) is 1.76. The Labute approximate surface area is 59.5 Å². The molecule has 0 unspecified atom stereocenters. The van der Waals surface area contributed by atoms with Gasteiger partial charge in [0.05, 0.1) is 0 Å². The van der Waals surface area contributed by atoms with Gasteiger partial charge in [-0.25, -0.2) is 0 Å². The van der Waals surface area contributed by atoms with Crippen molar-refractivity contribution in [3.8, 4) is 0 Å². The monoisotopic (exact) mass is 108 g/mol. The Kier molecular flexibility index (Phi) is 8.72. The molecule has 0 aromatic carbocycles. The fourth-order valence-electron chi connectivity index (χ4n) is 0.124. The molecule has 0 amide bonds. The number of carboxylic acid groups (broad SMARTS) is 1. The van der Waals surface area contributed by atoms with Crippen LogP contribution in [0.1, 0.15) is 6.92 Å². The molecule has 0 aromatic rings. The van der Waals surface area contributed by atoms with Gasteiger partial charge in [0.15, 0.2) is 0 Å². The zero-order chi connectivity index (χ0) is 5.70. The van der Waals surface area contributed by atoms with Gasteiger partial charge in [-0.3, -0.25) is 0 Å². The first kappa shape index (κ1) is 10.6. The van der Waals surface area contributed by atoms with Crippen LogP contribution in [0.25, 0.3) is 0 Å². The number of hydrogen-bond donors (Lipinski definition) is 0. The van der Waals surface area contributed by atoms with Crippen molar-refractivity contribution in [3.63, 3.8) is 0 Å². The zero-order valence-corrected chi connectivity index (χ0v) is 4.88. The van der Waals surface area contributed by atoms with Gasteiger partial charge in [0, 0.05) is 6.26 Å². The van der Waals surface area contributed by atoms with Crippen LogP contribution in [0.5, 0.6) is 0 Å². The summed E-state index contributed by atoms with van der Waals surface area (Å²) in [5, 5.41) is 9.37. The molecular formula is C4H5LiO3. The number of allylic oxidation sites excluding steroid dienone is 1. The fraction of sp³-hybridized carbons (Fsp3) is 0.250. The summed E-state index contributed by atoms with van der Waals surface area (Å²) in [6.45, 7) is 1.64. The quantitative estimate of drug-likeness (QED) is 0.203. The minimum Gasteiger partial charge on any atom is -0.522 e. The van der Waals surface area contributed by atoms with Gasteiger partial charge in [-0.2, -0.15) is 0 Å². The molecule has 3 nitrogen and oxygen atoms in total. The maximum atomic E-state index is 9.37. The third-order valence-electron chi connectivity index (χ3n) is 0.300. The van der Waals surface area contributed by atoms with E-state index in [2.05, 4.69) is 4.74 Å². The van der Waals surface area contributed by atoms with Crippen molar-refractivity contribution in [1.82, 2.24) is 0 Å². The number of ether oxygens (including phenoxy) is 1. The van der Waals surface area contributed by atoms with E-state index in [-0.39, 0.29) is 18.9 Å². The van der Waals surface area contributed by atoms with Crippen molar-refractivity contribution in [2.75, 3.05) is 0 Å². The third-order valence-corrected chi connectivity index (χ3v) is 0.300. The van der Waals surface area contributed by atoms with E-state index in [0.29, 0.717) is 0 Å². The minimum atomic E-state index is -1.53. The maximum absolute atomic E-state index is 9.37. The Morgan fingerprint density at radius 2 is 2.25 bits per heavy atom. The van der Waals surface area contributed by atoms with Crippen LogP contribution in [0.3, 0.4) is 0 Å². The molecule has 8 heavy (non-hydrogen) atoms. The van der Waals surface area contributed by atoms with Crippen LogP contribution in [-0.4, -0.2) is 6.16 Å². The van der Waals surface area contributed by atoms with E-state index in [1.54, 1.807) is 6.92 Å². The van der Waals surface area contributed by atoms with E-state index in [4.69, 9.17) is 0 Å². The van der Waals surface area contributed by atoms with E-state index in [1.807, 2.05) is 0 Å². The summed E-state index contributed by atoms with van der Waals surface area (Å²) in [6.07, 6.45) is 0.962. The summed E-state index contributed by atoms with van der Waals surface area (Å²) in [7, 11) is 0. The van der Waals surface area contributed by atoms with Gasteiger partial charge in [0.2, 0.25) is 0 Å². The van der Waals surface area contributed by atoms with Crippen LogP contribution in [-0.2, 0) is 4.74 Å². The fourth-order valence-corrected chi connectivity index (χ4v) is 0.124. The van der Waals surface area contributed by atoms with Gasteiger partial charge in [-0.1, -0.05) is 6.08 Å². The summed E-state index contributed by atoms with van der Waals surface area (Å²) < 4.78 is 3.82. The molecular weight excluding hydrogens is 103 g/mol. The minimum absolute atomic E-state index is 0. The summed E-state index contributed by atoms with van der Waals surface area (Å²) >= 11 is 0. The molecule has 0 saturated heterocycles. The molecule has 0 bridgehead atoms. The predicted molar refractivity (Wildman–Crippen MR) is 21.3 cm³/mol. The number of carbonyl (C=O) groups is 1. The van der Waals surface area contributed by atoms with Crippen LogP contribution in [0, 0.1) is 0 Å². The van der Waals surface area contributed by atoms with Crippen LogP contribution < -0.4 is 24.0 Å². The van der Waals surface area contributed by atoms with E-state index in [1.165, 1.54) is 6.08 Å². The number of carbonyl (C=O) groups excluding carboxylic acids is 1. The Hall–Kier alpha value is -0.393. The first-order chi connectivity index (χ1) is 3.27. The van der Waals surface area contributed by atoms with Crippen LogP contribution in [0.4, 0.5) is 4.79 Å². The molecule has 4 heteroatoms. The molecule has 0 aliphatic heterocycles. The topological polar surface area (TPSA) is 49.4 Å². The molecule has 0 aromatic heterocycles. The van der Waals surface area contributed by atoms with Gasteiger partial charge in [0.25, 0.3) is 6.16 Å². The largest absolute Gasteiger partial charge is 1.00 e. The average molecular weight is 108 g/mol. The van der Waals surface area contributed by atoms with E-state index in [0.717, 1.165) is 6.26 Å². The predicted octanol–water partition coefficient (Wildman–Crippen LogP) is -3.12. The maximum Gasteiger partial charge on any atom is 1.00 e. The number of hydrogen-bond acceptors (Lipinski definition) is 3. The molecule has 0 radical (unpaired) electrons. The normalized spacial score (nSPS) is 8.12. The molecule has 0 fully saturated rings. The van der Waals surface area contributed by atoms with Crippen molar-refractivity contribution >= 4 is 6.16 Å². The Balaban J connectivity index is 0. The van der Waals surface area contributed by atoms with Gasteiger partial charge in [0.1, 0.15) is 0 Å². The van der Waals surface area contributed by atoms with Gasteiger partial charge in [-0.15, -0.1) is 0 Å². The molecule has 0 aliphatic rings. The average Bonchev–Trinajstić information content (AvgIpc) is 1.61. The molecule has 0 N–H and O–H groups in total. The van der Waals surface area contributed by atoms with E-state index >= 15 is 0 Å². The van der Waals surface area contributed by atoms with Crippen LogP contribution >= 0.6 is 0 Å². The summed E-state index contributed by atoms with van der Waals surface area (Å²) in [5.41, 5.74) is 0. The van der Waals surface area contributed by atoms with Crippen molar-refractivity contribution < 1.29 is 33.5 Å². The molecule has 0 aliphatic carbocycles. The Morgan fingerprint density at radius 3 is 2.38 bits per heavy atom. The standard InChI is InChI=1S/C4H6O3.Li/c1-2-3-7-4(5)6;/h2-3H,1H3,(H,5,6);/q;+1/p-1. The number of rotatable bonds is 1. The zero-order valence-electron chi connectivity index (χ0n) is 4.88. The molecule has 0 heterocycles. The van der Waals surface area contributed by atoms with Gasteiger partial charge >= 0.3 is 18.9 Å². The van der Waals surface area contributed by atoms with Crippen molar-refractivity contribution in [3.05, 3.63) is 12.3 Å². The van der Waals surface area contributed by atoms with Crippen LogP contribution in [0.15, 0.2) is 12.3 Å². The van der Waals surface area contributed by atoms with E-state index in [9.17, 15) is 9.90 Å².